The van der Waals surface area contributed by atoms with Crippen molar-refractivity contribution >= 4 is 69.0 Å². The lowest BCUT2D eigenvalue weighted by Crippen LogP contribution is -2.45. The molecular formula is C43H51N5O4S2+2. The number of hydrogen-bond acceptors (Lipinski definition) is 8. The van der Waals surface area contributed by atoms with Crippen LogP contribution >= 0.6 is 21.6 Å². The smallest absolute Gasteiger partial charge is 0.286 e. The predicted octanol–water partition coefficient (Wildman–Crippen LogP) is 5.29. The molecule has 54 heavy (non-hydrogen) atoms. The van der Waals surface area contributed by atoms with Gasteiger partial charge in [-0.1, -0.05) is 45.9 Å². The van der Waals surface area contributed by atoms with Crippen molar-refractivity contribution in [3.8, 4) is 0 Å². The first-order valence-electron chi connectivity index (χ1n) is 18.8. The van der Waals surface area contributed by atoms with E-state index in [0.717, 1.165) is 77.7 Å². The van der Waals surface area contributed by atoms with E-state index in [9.17, 15) is 19.8 Å². The fraction of sp³-hybridized carbons (Fsp3) is 0.349. The lowest BCUT2D eigenvalue weighted by Gasteiger charge is -2.17. The molecule has 2 aliphatic rings. The molecule has 6 rings (SSSR count). The summed E-state index contributed by atoms with van der Waals surface area (Å²) in [5.41, 5.74) is 6.33. The van der Waals surface area contributed by atoms with Crippen molar-refractivity contribution in [3.63, 3.8) is 0 Å². The van der Waals surface area contributed by atoms with Crippen molar-refractivity contribution in [3.05, 3.63) is 120 Å². The van der Waals surface area contributed by atoms with Gasteiger partial charge in [-0.15, -0.1) is 0 Å². The van der Waals surface area contributed by atoms with Crippen LogP contribution in [0.5, 0.6) is 0 Å². The molecule has 2 aromatic heterocycles. The number of pyridine rings is 2. The summed E-state index contributed by atoms with van der Waals surface area (Å²) in [6.45, 7) is 4.30. The number of aliphatic hydroxyl groups is 2. The second-order valence-corrected chi connectivity index (χ2v) is 16.5. The Bertz CT molecular complexity index is 1750. The summed E-state index contributed by atoms with van der Waals surface area (Å²) in [7, 11) is 3.46. The monoisotopic (exact) mass is 765 g/mol. The van der Waals surface area contributed by atoms with Gasteiger partial charge in [0.2, 0.25) is 24.5 Å². The van der Waals surface area contributed by atoms with Gasteiger partial charge in [0, 0.05) is 98.4 Å². The maximum atomic E-state index is 12.8. The molecule has 2 saturated heterocycles. The van der Waals surface area contributed by atoms with E-state index in [-0.39, 0.29) is 30.4 Å². The van der Waals surface area contributed by atoms with E-state index in [0.29, 0.717) is 32.6 Å². The molecule has 2 aliphatic heterocycles. The van der Waals surface area contributed by atoms with Crippen molar-refractivity contribution in [1.29, 1.82) is 0 Å². The number of nitrogens with one attached hydrogen (secondary N) is 1. The number of anilines is 2. The molecule has 4 heterocycles. The molecule has 2 aromatic carbocycles. The van der Waals surface area contributed by atoms with Crippen molar-refractivity contribution in [2.45, 2.75) is 51.0 Å². The molecule has 1 amide bonds. The molecule has 11 heteroatoms. The Morgan fingerprint density at radius 2 is 1.20 bits per heavy atom. The number of hydrogen-bond donors (Lipinski definition) is 3. The largest absolute Gasteiger partial charge is 0.391 e. The number of Topliss-reactive ketones (excluding diaryl/α,β-unsaturated/α-hetero) is 1. The van der Waals surface area contributed by atoms with Crippen molar-refractivity contribution in [2.75, 3.05) is 54.0 Å². The fourth-order valence-electron chi connectivity index (χ4n) is 6.64. The normalized spacial score (nSPS) is 17.2. The van der Waals surface area contributed by atoms with E-state index >= 15 is 0 Å². The van der Waals surface area contributed by atoms with Crippen molar-refractivity contribution < 1.29 is 28.9 Å². The Balaban J connectivity index is 0.850. The number of aliphatic hydroxyl groups excluding tert-OH is 2. The molecule has 282 valence electrons. The first-order chi connectivity index (χ1) is 26.4. The Morgan fingerprint density at radius 3 is 1.72 bits per heavy atom. The van der Waals surface area contributed by atoms with Crippen molar-refractivity contribution in [2.24, 2.45) is 0 Å². The maximum Gasteiger partial charge on any atom is 0.286 e. The summed E-state index contributed by atoms with van der Waals surface area (Å²) in [5, 5.41) is 22.7. The first-order valence-corrected chi connectivity index (χ1v) is 21.3. The van der Waals surface area contributed by atoms with E-state index < -0.39 is 0 Å². The van der Waals surface area contributed by atoms with Crippen LogP contribution < -0.4 is 24.3 Å². The summed E-state index contributed by atoms with van der Waals surface area (Å²) in [6.07, 6.45) is 14.5. The molecule has 3 N–H and O–H groups in total. The zero-order valence-corrected chi connectivity index (χ0v) is 32.3. The van der Waals surface area contributed by atoms with Gasteiger partial charge in [0.25, 0.3) is 5.91 Å². The Morgan fingerprint density at radius 1 is 0.685 bits per heavy atom. The van der Waals surface area contributed by atoms with E-state index in [2.05, 4.69) is 75.8 Å². The van der Waals surface area contributed by atoms with Gasteiger partial charge >= 0.3 is 0 Å². The Hall–Kier alpha value is -4.42. The average molecular weight is 766 g/mol. The number of carbonyl (C=O) groups is 2. The van der Waals surface area contributed by atoms with Crippen LogP contribution in [-0.4, -0.2) is 78.3 Å². The van der Waals surface area contributed by atoms with E-state index in [4.69, 9.17) is 0 Å². The number of aromatic nitrogens is 2. The minimum atomic E-state index is -0.245. The van der Waals surface area contributed by atoms with Gasteiger partial charge in [0.05, 0.1) is 12.2 Å². The average Bonchev–Trinajstić information content (AvgIpc) is 3.83. The number of amides is 1. The zero-order chi connectivity index (χ0) is 37.5. The van der Waals surface area contributed by atoms with Gasteiger partial charge in [-0.3, -0.25) is 9.59 Å². The number of carbonyl (C=O) groups excluding carboxylic acids is 2. The molecule has 2 fully saturated rings. The van der Waals surface area contributed by atoms with Gasteiger partial charge in [-0.2, -0.15) is 9.13 Å². The van der Waals surface area contributed by atoms with Crippen LogP contribution in [0.1, 0.15) is 48.2 Å². The minimum absolute atomic E-state index is 0.0289. The molecule has 0 spiro atoms. The third-order valence-corrected chi connectivity index (χ3v) is 12.1. The molecule has 0 aliphatic carbocycles. The standard InChI is InChI=1S/C43H50N5O4S2/c49-40(30-45-24-3-1-6-36(45)15-9-34-11-17-38(18-12-34)47-26-21-41(50)31-47)8-5-28-53-54-29-23-44-43(52)33-46-25-4-2-7-37(46)16-10-35-13-19-39(20-14-35)48-27-22-42(51)32-48/h1-4,6-7,9-20,24-25,41-42,50-51H,5,8,21-23,26-33H2/q+1/p+1. The van der Waals surface area contributed by atoms with E-state index in [1.54, 1.807) is 21.6 Å². The number of rotatable bonds is 18. The lowest BCUT2D eigenvalue weighted by atomic mass is 10.1. The molecule has 4 aromatic rings. The highest BCUT2D eigenvalue weighted by molar-refractivity contribution is 8.76. The quantitative estimate of drug-likeness (QED) is 0.0715. The molecule has 2 unspecified atom stereocenters. The summed E-state index contributed by atoms with van der Waals surface area (Å²) in [6, 6.07) is 28.6. The number of benzene rings is 2. The zero-order valence-electron chi connectivity index (χ0n) is 30.7. The Kier molecular flexibility index (Phi) is 14.8. The number of β-amino-alcohol motifs (C(OH)–C–C–N with tert-alkyl or cyclic N) is 2. The maximum absolute atomic E-state index is 12.8. The Labute approximate surface area is 326 Å². The molecule has 0 bridgehead atoms. The van der Waals surface area contributed by atoms with Crippen LogP contribution in [0, 0.1) is 0 Å². The second-order valence-electron chi connectivity index (χ2n) is 13.8. The van der Waals surface area contributed by atoms with Crippen LogP contribution in [-0.2, 0) is 22.7 Å². The van der Waals surface area contributed by atoms with Gasteiger partial charge in [-0.05, 0) is 78.9 Å². The molecule has 0 saturated carbocycles. The SMILES string of the molecule is O=C(CCCSSCCNC(=O)C[n+]1ccccc1/C=C/c1ccc(N2CCC(O)C2)cc1)C[n+]1ccccc1/C=C/c1ccc(N2CCC(O)C2)cc1. The fourth-order valence-corrected chi connectivity index (χ4v) is 8.63. The van der Waals surface area contributed by atoms with Gasteiger partial charge in [0.15, 0.2) is 18.2 Å². The summed E-state index contributed by atoms with van der Waals surface area (Å²) >= 11 is 0. The van der Waals surface area contributed by atoms with Crippen LogP contribution in [0.4, 0.5) is 11.4 Å². The third-order valence-electron chi connectivity index (χ3n) is 9.62. The highest BCUT2D eigenvalue weighted by Gasteiger charge is 2.21. The van der Waals surface area contributed by atoms with E-state index in [1.165, 1.54) is 0 Å². The molecule has 2 atom stereocenters. The van der Waals surface area contributed by atoms with Crippen molar-refractivity contribution in [1.82, 2.24) is 5.32 Å². The third kappa shape index (κ3) is 12.0. The number of ketones is 1. The number of nitrogens with zero attached hydrogens (tertiary/aromatic N) is 4. The molecule has 0 radical (unpaired) electrons. The lowest BCUT2D eigenvalue weighted by molar-refractivity contribution is -0.686. The topological polar surface area (TPSA) is 101 Å². The minimum Gasteiger partial charge on any atom is -0.391 e. The summed E-state index contributed by atoms with van der Waals surface area (Å²) in [4.78, 5) is 30.0. The van der Waals surface area contributed by atoms with Crippen LogP contribution in [0.15, 0.2) is 97.3 Å². The van der Waals surface area contributed by atoms with Crippen LogP contribution in [0.2, 0.25) is 0 Å². The van der Waals surface area contributed by atoms with Crippen LogP contribution in [0.25, 0.3) is 24.3 Å². The molecule has 9 nitrogen and oxygen atoms in total. The second kappa shape index (κ2) is 20.3. The molecular weight excluding hydrogens is 715 g/mol. The highest BCUT2D eigenvalue weighted by Crippen LogP contribution is 2.24. The van der Waals surface area contributed by atoms with Gasteiger partial charge in [0.1, 0.15) is 0 Å². The van der Waals surface area contributed by atoms with E-state index in [1.807, 2.05) is 70.1 Å². The first kappa shape index (κ1) is 39.3. The summed E-state index contributed by atoms with van der Waals surface area (Å²) in [5.74, 6) is 1.85. The highest BCUT2D eigenvalue weighted by atomic mass is 33.1. The van der Waals surface area contributed by atoms with Gasteiger partial charge < -0.3 is 25.3 Å². The van der Waals surface area contributed by atoms with Gasteiger partial charge in [-0.25, -0.2) is 0 Å². The summed E-state index contributed by atoms with van der Waals surface area (Å²) < 4.78 is 3.94. The van der Waals surface area contributed by atoms with Crippen LogP contribution in [0.3, 0.4) is 0 Å². The predicted molar refractivity (Wildman–Crippen MR) is 222 cm³/mol.